The van der Waals surface area contributed by atoms with Crippen LogP contribution in [0.2, 0.25) is 0 Å². The van der Waals surface area contributed by atoms with Crippen molar-refractivity contribution in [3.8, 4) is 0 Å². The van der Waals surface area contributed by atoms with E-state index in [1.807, 2.05) is 22.4 Å². The molecule has 3 rings (SSSR count). The fourth-order valence-corrected chi connectivity index (χ4v) is 3.89. The highest BCUT2D eigenvalue weighted by atomic mass is 16.3. The maximum absolute atomic E-state index is 9.47. The van der Waals surface area contributed by atoms with E-state index in [1.165, 1.54) is 19.3 Å². The average Bonchev–Trinajstić information content (AvgIpc) is 3.14. The van der Waals surface area contributed by atoms with Crippen LogP contribution < -0.4 is 9.80 Å². The predicted molar refractivity (Wildman–Crippen MR) is 107 cm³/mol. The SMILES string of the molecule is CCN(CCO)c1cc(N(CC)CCO)n2nc(C3CCCCC3)nc2n1. The molecule has 1 aliphatic carbocycles. The number of rotatable bonds is 9. The molecule has 1 fully saturated rings. The quantitative estimate of drug-likeness (QED) is 0.690. The van der Waals surface area contributed by atoms with E-state index in [2.05, 4.69) is 11.8 Å². The molecule has 2 aromatic heterocycles. The molecule has 0 spiro atoms. The van der Waals surface area contributed by atoms with Crippen LogP contribution in [-0.4, -0.2) is 69.2 Å². The number of nitrogens with zero attached hydrogens (tertiary/aromatic N) is 6. The number of hydrogen-bond acceptors (Lipinski definition) is 7. The molecule has 0 bridgehead atoms. The molecule has 2 heterocycles. The van der Waals surface area contributed by atoms with E-state index in [-0.39, 0.29) is 13.2 Å². The Morgan fingerprint density at radius 3 is 2.30 bits per heavy atom. The fourth-order valence-electron chi connectivity index (χ4n) is 3.89. The first-order chi connectivity index (χ1) is 13.2. The van der Waals surface area contributed by atoms with Crippen LogP contribution >= 0.6 is 0 Å². The number of fused-ring (bicyclic) bond motifs is 1. The standard InChI is InChI=1S/C19H32N6O2/c1-3-23(10-12-26)16-14-17(24(4-2)11-13-27)25-19(20-16)21-18(22-25)15-8-6-5-7-9-15/h14-15,26-27H,3-13H2,1-2H3. The zero-order chi connectivity index (χ0) is 19.2. The van der Waals surface area contributed by atoms with Crippen LogP contribution in [0.1, 0.15) is 57.7 Å². The molecule has 0 atom stereocenters. The van der Waals surface area contributed by atoms with E-state index in [0.29, 0.717) is 24.8 Å². The van der Waals surface area contributed by atoms with Crippen LogP contribution in [0, 0.1) is 0 Å². The van der Waals surface area contributed by atoms with Crippen LogP contribution in [0.25, 0.3) is 5.78 Å². The lowest BCUT2D eigenvalue weighted by molar-refractivity contribution is 0.301. The summed E-state index contributed by atoms with van der Waals surface area (Å²) in [6, 6.07) is 1.99. The van der Waals surface area contributed by atoms with E-state index < -0.39 is 0 Å². The van der Waals surface area contributed by atoms with Gasteiger partial charge in [0.1, 0.15) is 11.6 Å². The normalized spacial score (nSPS) is 15.4. The van der Waals surface area contributed by atoms with E-state index in [1.54, 1.807) is 0 Å². The van der Waals surface area contributed by atoms with Gasteiger partial charge in [0, 0.05) is 38.2 Å². The Morgan fingerprint density at radius 1 is 1.00 bits per heavy atom. The second kappa shape index (κ2) is 9.32. The first kappa shape index (κ1) is 19.8. The summed E-state index contributed by atoms with van der Waals surface area (Å²) >= 11 is 0. The smallest absolute Gasteiger partial charge is 0.256 e. The van der Waals surface area contributed by atoms with Gasteiger partial charge in [-0.25, -0.2) is 0 Å². The minimum atomic E-state index is 0.0736. The lowest BCUT2D eigenvalue weighted by Crippen LogP contribution is -2.31. The van der Waals surface area contributed by atoms with Crippen molar-refractivity contribution in [2.24, 2.45) is 0 Å². The number of likely N-dealkylation sites (N-methyl/N-ethyl adjacent to an activating group) is 2. The third-order valence-corrected chi connectivity index (χ3v) is 5.42. The highest BCUT2D eigenvalue weighted by Gasteiger charge is 2.23. The average molecular weight is 377 g/mol. The van der Waals surface area contributed by atoms with Crippen molar-refractivity contribution in [3.05, 3.63) is 11.9 Å². The van der Waals surface area contributed by atoms with Crippen LogP contribution in [-0.2, 0) is 0 Å². The minimum Gasteiger partial charge on any atom is -0.395 e. The van der Waals surface area contributed by atoms with Crippen molar-refractivity contribution in [3.63, 3.8) is 0 Å². The maximum Gasteiger partial charge on any atom is 0.256 e. The van der Waals surface area contributed by atoms with E-state index in [0.717, 1.165) is 43.4 Å². The van der Waals surface area contributed by atoms with Gasteiger partial charge in [0.2, 0.25) is 0 Å². The van der Waals surface area contributed by atoms with Gasteiger partial charge in [0.05, 0.1) is 13.2 Å². The number of aliphatic hydroxyl groups is 2. The maximum atomic E-state index is 9.47. The number of anilines is 2. The van der Waals surface area contributed by atoms with Crippen LogP contribution in [0.3, 0.4) is 0 Å². The Labute approximate surface area is 160 Å². The Morgan fingerprint density at radius 2 is 1.67 bits per heavy atom. The Hall–Kier alpha value is -1.93. The summed E-state index contributed by atoms with van der Waals surface area (Å²) in [6.07, 6.45) is 6.04. The summed E-state index contributed by atoms with van der Waals surface area (Å²) in [5.74, 6) is 3.55. The first-order valence-electron chi connectivity index (χ1n) is 10.2. The minimum absolute atomic E-state index is 0.0736. The van der Waals surface area contributed by atoms with Crippen LogP contribution in [0.5, 0.6) is 0 Å². The summed E-state index contributed by atoms with van der Waals surface area (Å²) in [6.45, 7) is 6.81. The summed E-state index contributed by atoms with van der Waals surface area (Å²) in [5.41, 5.74) is 0. The fraction of sp³-hybridized carbons (Fsp3) is 0.737. The molecule has 1 saturated carbocycles. The molecule has 8 nitrogen and oxygen atoms in total. The summed E-state index contributed by atoms with van der Waals surface area (Å²) in [5, 5.41) is 23.7. The lowest BCUT2D eigenvalue weighted by Gasteiger charge is -2.26. The largest absolute Gasteiger partial charge is 0.395 e. The summed E-state index contributed by atoms with van der Waals surface area (Å²) < 4.78 is 1.82. The third kappa shape index (κ3) is 4.32. The molecule has 0 aliphatic heterocycles. The van der Waals surface area contributed by atoms with Crippen LogP contribution in [0.15, 0.2) is 6.07 Å². The molecule has 0 amide bonds. The second-order valence-corrected chi connectivity index (χ2v) is 7.10. The molecule has 0 unspecified atom stereocenters. The molecule has 2 N–H and O–H groups in total. The van der Waals surface area contributed by atoms with Gasteiger partial charge in [-0.2, -0.15) is 14.5 Å². The zero-order valence-corrected chi connectivity index (χ0v) is 16.5. The van der Waals surface area contributed by atoms with Gasteiger partial charge in [-0.05, 0) is 26.7 Å². The van der Waals surface area contributed by atoms with Crippen molar-refractivity contribution < 1.29 is 10.2 Å². The van der Waals surface area contributed by atoms with Gasteiger partial charge in [0.25, 0.3) is 5.78 Å². The molecule has 0 aromatic carbocycles. The van der Waals surface area contributed by atoms with Gasteiger partial charge in [-0.3, -0.25) is 0 Å². The second-order valence-electron chi connectivity index (χ2n) is 7.10. The molecule has 8 heteroatoms. The highest BCUT2D eigenvalue weighted by molar-refractivity contribution is 5.57. The van der Waals surface area contributed by atoms with Crippen molar-refractivity contribution >= 4 is 17.4 Å². The van der Waals surface area contributed by atoms with Gasteiger partial charge >= 0.3 is 0 Å². The molecule has 0 saturated heterocycles. The van der Waals surface area contributed by atoms with Gasteiger partial charge in [-0.15, -0.1) is 5.10 Å². The molecule has 2 aromatic rings. The molecular formula is C19H32N6O2. The summed E-state index contributed by atoms with van der Waals surface area (Å²) in [4.78, 5) is 13.6. The van der Waals surface area contributed by atoms with E-state index in [4.69, 9.17) is 15.1 Å². The van der Waals surface area contributed by atoms with Crippen molar-refractivity contribution in [2.45, 2.75) is 51.9 Å². The molecule has 1 aliphatic rings. The monoisotopic (exact) mass is 376 g/mol. The summed E-state index contributed by atoms with van der Waals surface area (Å²) in [7, 11) is 0. The number of aromatic nitrogens is 4. The molecule has 0 radical (unpaired) electrons. The third-order valence-electron chi connectivity index (χ3n) is 5.42. The predicted octanol–water partition coefficient (Wildman–Crippen LogP) is 1.81. The van der Waals surface area contributed by atoms with Crippen LogP contribution in [0.4, 0.5) is 11.6 Å². The van der Waals surface area contributed by atoms with Crippen molar-refractivity contribution in [1.82, 2.24) is 19.6 Å². The zero-order valence-electron chi connectivity index (χ0n) is 16.5. The first-order valence-corrected chi connectivity index (χ1v) is 10.2. The molecule has 27 heavy (non-hydrogen) atoms. The Kier molecular flexibility index (Phi) is 6.84. The van der Waals surface area contributed by atoms with E-state index >= 15 is 0 Å². The van der Waals surface area contributed by atoms with Crippen molar-refractivity contribution in [2.75, 3.05) is 49.2 Å². The van der Waals surface area contributed by atoms with Gasteiger partial charge in [0.15, 0.2) is 5.82 Å². The Bertz CT molecular complexity index is 728. The number of aliphatic hydroxyl groups excluding tert-OH is 2. The number of hydrogen-bond donors (Lipinski definition) is 2. The molecule has 150 valence electrons. The molecular weight excluding hydrogens is 344 g/mol. The van der Waals surface area contributed by atoms with Gasteiger partial charge < -0.3 is 20.0 Å². The van der Waals surface area contributed by atoms with Crippen molar-refractivity contribution in [1.29, 1.82) is 0 Å². The Balaban J connectivity index is 2.07. The van der Waals surface area contributed by atoms with Gasteiger partial charge in [-0.1, -0.05) is 19.3 Å². The highest BCUT2D eigenvalue weighted by Crippen LogP contribution is 2.32. The van der Waals surface area contributed by atoms with E-state index in [9.17, 15) is 10.2 Å². The lowest BCUT2D eigenvalue weighted by atomic mass is 9.89. The topological polar surface area (TPSA) is 90.0 Å².